The molecule has 9 heteroatoms. The molecular weight excluding hydrogens is 294 g/mol. The second-order valence-electron chi connectivity index (χ2n) is 3.98. The molecule has 0 atom stereocenters. The Morgan fingerprint density at radius 1 is 1.38 bits per heavy atom. The van der Waals surface area contributed by atoms with E-state index in [9.17, 15) is 9.59 Å². The molecule has 3 rings (SSSR count). The molecule has 0 unspecified atom stereocenters. The number of anilines is 1. The highest BCUT2D eigenvalue weighted by molar-refractivity contribution is 7.13. The number of nitrogens with zero attached hydrogens (tertiary/aromatic N) is 4. The Labute approximate surface area is 122 Å². The highest BCUT2D eigenvalue weighted by Crippen LogP contribution is 2.15. The van der Waals surface area contributed by atoms with Gasteiger partial charge in [-0.1, -0.05) is 11.3 Å². The van der Waals surface area contributed by atoms with Gasteiger partial charge in [0.2, 0.25) is 11.0 Å². The Bertz CT molecular complexity index is 795. The summed E-state index contributed by atoms with van der Waals surface area (Å²) >= 11 is 1.19. The zero-order chi connectivity index (χ0) is 14.7. The molecule has 3 aromatic rings. The highest BCUT2D eigenvalue weighted by Gasteiger charge is 2.10. The van der Waals surface area contributed by atoms with E-state index in [2.05, 4.69) is 20.6 Å². The predicted molar refractivity (Wildman–Crippen MR) is 74.7 cm³/mol. The van der Waals surface area contributed by atoms with Crippen LogP contribution in [-0.4, -0.2) is 25.9 Å². The maximum Gasteiger partial charge on any atom is 0.267 e. The number of carbonyl (C=O) groups excluding carboxylic acids is 1. The second-order valence-corrected chi connectivity index (χ2v) is 4.82. The van der Waals surface area contributed by atoms with Gasteiger partial charge in [0, 0.05) is 6.07 Å². The number of hydrogen-bond acceptors (Lipinski definition) is 7. The first kappa shape index (κ1) is 13.2. The fraction of sp³-hybridized carbons (Fsp3) is 0.0833. The van der Waals surface area contributed by atoms with Crippen LogP contribution in [0.15, 0.2) is 45.3 Å². The van der Waals surface area contributed by atoms with Gasteiger partial charge in [0.25, 0.3) is 5.56 Å². The largest absolute Gasteiger partial charge is 0.463 e. The second kappa shape index (κ2) is 5.67. The molecule has 0 aliphatic rings. The van der Waals surface area contributed by atoms with Crippen LogP contribution in [0.2, 0.25) is 0 Å². The normalized spacial score (nSPS) is 10.5. The van der Waals surface area contributed by atoms with Crippen LogP contribution in [0, 0.1) is 0 Å². The van der Waals surface area contributed by atoms with Gasteiger partial charge in [-0.3, -0.25) is 14.9 Å². The summed E-state index contributed by atoms with van der Waals surface area (Å²) in [5.74, 6) is 0.117. The molecular formula is C12H9N5O3S. The standard InChI is InChI=1S/C12H9N5O3S/c18-10(14-12-15-13-7-21-12)6-17-11(19)4-3-8(16-17)9-2-1-5-20-9/h1-5,7H,6H2,(H,14,15,18). The van der Waals surface area contributed by atoms with Gasteiger partial charge < -0.3 is 4.42 Å². The van der Waals surface area contributed by atoms with Crippen LogP contribution in [0.3, 0.4) is 0 Å². The molecule has 1 amide bonds. The van der Waals surface area contributed by atoms with Gasteiger partial charge in [0.15, 0.2) is 5.76 Å². The monoisotopic (exact) mass is 303 g/mol. The van der Waals surface area contributed by atoms with Gasteiger partial charge in [-0.25, -0.2) is 4.68 Å². The van der Waals surface area contributed by atoms with Crippen LogP contribution in [0.25, 0.3) is 11.5 Å². The van der Waals surface area contributed by atoms with Crippen molar-refractivity contribution in [2.24, 2.45) is 0 Å². The number of aromatic nitrogens is 4. The highest BCUT2D eigenvalue weighted by atomic mass is 32.1. The van der Waals surface area contributed by atoms with Gasteiger partial charge in [-0.05, 0) is 18.2 Å². The molecule has 0 aliphatic carbocycles. The minimum atomic E-state index is -0.405. The first-order valence-corrected chi connectivity index (χ1v) is 6.78. The van der Waals surface area contributed by atoms with Crippen LogP contribution in [-0.2, 0) is 11.3 Å². The maximum atomic E-state index is 11.8. The molecule has 106 valence electrons. The lowest BCUT2D eigenvalue weighted by molar-refractivity contribution is -0.117. The van der Waals surface area contributed by atoms with Crippen molar-refractivity contribution in [1.29, 1.82) is 0 Å². The van der Waals surface area contributed by atoms with Crippen LogP contribution < -0.4 is 10.9 Å². The van der Waals surface area contributed by atoms with Gasteiger partial charge in [-0.2, -0.15) is 5.10 Å². The zero-order valence-corrected chi connectivity index (χ0v) is 11.4. The van der Waals surface area contributed by atoms with E-state index >= 15 is 0 Å². The Morgan fingerprint density at radius 2 is 2.29 bits per heavy atom. The molecule has 8 nitrogen and oxygen atoms in total. The van der Waals surface area contributed by atoms with Crippen LogP contribution in [0.4, 0.5) is 5.13 Å². The van der Waals surface area contributed by atoms with E-state index in [4.69, 9.17) is 4.42 Å². The van der Waals surface area contributed by atoms with Crippen LogP contribution in [0.5, 0.6) is 0 Å². The van der Waals surface area contributed by atoms with Crippen molar-refractivity contribution in [1.82, 2.24) is 20.0 Å². The third kappa shape index (κ3) is 3.03. The number of nitrogens with one attached hydrogen (secondary N) is 1. The minimum absolute atomic E-state index is 0.215. The summed E-state index contributed by atoms with van der Waals surface area (Å²) in [6.45, 7) is -0.215. The van der Waals surface area contributed by atoms with Crippen molar-refractivity contribution >= 4 is 22.4 Å². The molecule has 0 bridgehead atoms. The molecule has 1 N–H and O–H groups in total. The molecule has 0 spiro atoms. The van der Waals surface area contributed by atoms with Gasteiger partial charge in [0.1, 0.15) is 17.7 Å². The van der Waals surface area contributed by atoms with Crippen molar-refractivity contribution in [2.75, 3.05) is 5.32 Å². The SMILES string of the molecule is O=C(Cn1nc(-c2ccco2)ccc1=O)Nc1nncs1. The van der Waals surface area contributed by atoms with Crippen molar-refractivity contribution in [2.45, 2.75) is 6.54 Å². The Kier molecular flexibility index (Phi) is 3.56. The molecule has 0 fully saturated rings. The number of amides is 1. The molecule has 0 saturated carbocycles. The van der Waals surface area contributed by atoms with E-state index in [1.807, 2.05) is 0 Å². The maximum absolute atomic E-state index is 11.8. The quantitative estimate of drug-likeness (QED) is 0.771. The number of carbonyl (C=O) groups is 1. The summed E-state index contributed by atoms with van der Waals surface area (Å²) in [7, 11) is 0. The summed E-state index contributed by atoms with van der Waals surface area (Å²) in [6.07, 6.45) is 1.51. The summed E-state index contributed by atoms with van der Waals surface area (Å²) in [5.41, 5.74) is 1.60. The smallest absolute Gasteiger partial charge is 0.267 e. The lowest BCUT2D eigenvalue weighted by Gasteiger charge is -2.05. The van der Waals surface area contributed by atoms with E-state index < -0.39 is 5.91 Å². The molecule has 0 aromatic carbocycles. The first-order chi connectivity index (χ1) is 10.2. The fourth-order valence-electron chi connectivity index (χ4n) is 1.64. The molecule has 0 saturated heterocycles. The predicted octanol–water partition coefficient (Wildman–Crippen LogP) is 0.993. The van der Waals surface area contributed by atoms with E-state index in [1.165, 1.54) is 29.2 Å². The molecule has 3 heterocycles. The molecule has 3 aromatic heterocycles. The zero-order valence-electron chi connectivity index (χ0n) is 10.6. The molecule has 0 aliphatic heterocycles. The van der Waals surface area contributed by atoms with Crippen LogP contribution >= 0.6 is 11.3 Å². The third-order valence-corrected chi connectivity index (χ3v) is 3.15. The summed E-state index contributed by atoms with van der Waals surface area (Å²) in [6, 6.07) is 6.32. The van der Waals surface area contributed by atoms with Crippen molar-refractivity contribution in [3.05, 3.63) is 46.4 Å². The van der Waals surface area contributed by atoms with E-state index in [0.717, 1.165) is 4.68 Å². The van der Waals surface area contributed by atoms with E-state index in [-0.39, 0.29) is 12.1 Å². The average molecular weight is 303 g/mol. The Balaban J connectivity index is 1.80. The number of furan rings is 1. The van der Waals surface area contributed by atoms with Crippen molar-refractivity contribution < 1.29 is 9.21 Å². The summed E-state index contributed by atoms with van der Waals surface area (Å²) < 4.78 is 6.27. The minimum Gasteiger partial charge on any atom is -0.463 e. The average Bonchev–Trinajstić information content (AvgIpc) is 3.14. The number of rotatable bonds is 4. The summed E-state index contributed by atoms with van der Waals surface area (Å²) in [4.78, 5) is 23.6. The summed E-state index contributed by atoms with van der Waals surface area (Å²) in [5, 5.41) is 14.3. The lowest BCUT2D eigenvalue weighted by Crippen LogP contribution is -2.29. The number of hydrogen-bond donors (Lipinski definition) is 1. The molecule has 21 heavy (non-hydrogen) atoms. The fourth-order valence-corrected chi connectivity index (χ4v) is 2.10. The van der Waals surface area contributed by atoms with Gasteiger partial charge >= 0.3 is 0 Å². The molecule has 0 radical (unpaired) electrons. The topological polar surface area (TPSA) is 103 Å². The van der Waals surface area contributed by atoms with Gasteiger partial charge in [-0.15, -0.1) is 10.2 Å². The third-order valence-electron chi connectivity index (χ3n) is 2.54. The van der Waals surface area contributed by atoms with E-state index in [0.29, 0.717) is 16.6 Å². The Hall–Kier alpha value is -2.81. The Morgan fingerprint density at radius 3 is 3.00 bits per heavy atom. The first-order valence-electron chi connectivity index (χ1n) is 5.90. The van der Waals surface area contributed by atoms with Crippen molar-refractivity contribution in [3.63, 3.8) is 0 Å². The van der Waals surface area contributed by atoms with Crippen molar-refractivity contribution in [3.8, 4) is 11.5 Å². The van der Waals surface area contributed by atoms with Gasteiger partial charge in [0.05, 0.1) is 6.26 Å². The lowest BCUT2D eigenvalue weighted by atomic mass is 10.3. The van der Waals surface area contributed by atoms with E-state index in [1.54, 1.807) is 18.2 Å². The van der Waals surface area contributed by atoms with Crippen LogP contribution in [0.1, 0.15) is 0 Å².